The molecule has 114 valence electrons. The number of benzene rings is 1. The Kier molecular flexibility index (Phi) is 4.95. The van der Waals surface area contributed by atoms with Crippen LogP contribution < -0.4 is 9.88 Å². The third-order valence-corrected chi connectivity index (χ3v) is 6.50. The van der Waals surface area contributed by atoms with Gasteiger partial charge in [0.05, 0.1) is 17.4 Å². The molecule has 0 saturated heterocycles. The summed E-state index contributed by atoms with van der Waals surface area (Å²) in [4.78, 5) is 0.917. The highest BCUT2D eigenvalue weighted by Crippen LogP contribution is 2.41. The van der Waals surface area contributed by atoms with Crippen LogP contribution in [0.3, 0.4) is 0 Å². The molecule has 0 fully saturated rings. The molecule has 3 N–H and O–H groups in total. The van der Waals surface area contributed by atoms with Gasteiger partial charge in [0.2, 0.25) is 10.0 Å². The minimum absolute atomic E-state index is 0.0504. The first kappa shape index (κ1) is 16.3. The summed E-state index contributed by atoms with van der Waals surface area (Å²) in [5, 5.41) is 14.9. The average Bonchev–Trinajstić information content (AvgIpc) is 2.84. The summed E-state index contributed by atoms with van der Waals surface area (Å²) >= 11 is 2.44. The van der Waals surface area contributed by atoms with Gasteiger partial charge in [0.25, 0.3) is 0 Å². The van der Waals surface area contributed by atoms with E-state index in [1.54, 1.807) is 14.0 Å². The SMILES string of the molecule is COc1ccc(Sc2sc(S(N)(=O)=O)cc2C(C)O)cc1. The van der Waals surface area contributed by atoms with Gasteiger partial charge in [-0.25, -0.2) is 13.6 Å². The van der Waals surface area contributed by atoms with Crippen LogP contribution in [0.4, 0.5) is 0 Å². The molecule has 0 aliphatic heterocycles. The van der Waals surface area contributed by atoms with Gasteiger partial charge in [0.1, 0.15) is 9.96 Å². The van der Waals surface area contributed by atoms with Gasteiger partial charge < -0.3 is 9.84 Å². The number of hydrogen-bond acceptors (Lipinski definition) is 6. The topological polar surface area (TPSA) is 89.6 Å². The highest BCUT2D eigenvalue weighted by Gasteiger charge is 2.20. The fraction of sp³-hybridized carbons (Fsp3) is 0.231. The molecule has 0 bridgehead atoms. The lowest BCUT2D eigenvalue weighted by Gasteiger charge is -2.06. The molecule has 0 saturated carbocycles. The Morgan fingerprint density at radius 3 is 2.43 bits per heavy atom. The summed E-state index contributed by atoms with van der Waals surface area (Å²) < 4.78 is 28.7. The van der Waals surface area contributed by atoms with Crippen LogP contribution in [0.1, 0.15) is 18.6 Å². The van der Waals surface area contributed by atoms with Gasteiger partial charge in [0, 0.05) is 10.5 Å². The maximum absolute atomic E-state index is 11.4. The Bertz CT molecular complexity index is 720. The number of ether oxygens (including phenoxy) is 1. The number of rotatable bonds is 5. The van der Waals surface area contributed by atoms with E-state index in [9.17, 15) is 13.5 Å². The standard InChI is InChI=1S/C13H15NO4S3/c1-8(15)11-7-12(21(14,16)17)20-13(11)19-10-5-3-9(18-2)4-6-10/h3-8,15H,1-2H3,(H2,14,16,17). The van der Waals surface area contributed by atoms with Crippen molar-refractivity contribution < 1.29 is 18.3 Å². The van der Waals surface area contributed by atoms with Crippen molar-refractivity contribution in [3.05, 3.63) is 35.9 Å². The molecule has 21 heavy (non-hydrogen) atoms. The predicted molar refractivity (Wildman–Crippen MR) is 83.4 cm³/mol. The summed E-state index contributed by atoms with van der Waals surface area (Å²) in [5.74, 6) is 0.742. The Hall–Kier alpha value is -1.06. The number of primary sulfonamides is 1. The molecular formula is C13H15NO4S3. The number of thiophene rings is 1. The Morgan fingerprint density at radius 1 is 1.33 bits per heavy atom. The maximum Gasteiger partial charge on any atom is 0.247 e. The van der Waals surface area contributed by atoms with E-state index in [4.69, 9.17) is 9.88 Å². The van der Waals surface area contributed by atoms with Crippen molar-refractivity contribution in [1.82, 2.24) is 0 Å². The molecule has 0 radical (unpaired) electrons. The zero-order chi connectivity index (χ0) is 15.6. The van der Waals surface area contributed by atoms with Crippen molar-refractivity contribution in [2.24, 2.45) is 5.14 Å². The van der Waals surface area contributed by atoms with E-state index < -0.39 is 16.1 Å². The average molecular weight is 345 g/mol. The second kappa shape index (κ2) is 6.37. The summed E-state index contributed by atoms with van der Waals surface area (Å²) in [7, 11) is -2.18. The van der Waals surface area contributed by atoms with Crippen LogP contribution in [-0.2, 0) is 10.0 Å². The first-order valence-corrected chi connectivity index (χ1v) is 9.15. The van der Waals surface area contributed by atoms with Gasteiger partial charge in [-0.1, -0.05) is 11.8 Å². The molecule has 1 heterocycles. The van der Waals surface area contributed by atoms with E-state index in [0.29, 0.717) is 9.77 Å². The maximum atomic E-state index is 11.4. The smallest absolute Gasteiger partial charge is 0.247 e. The summed E-state index contributed by atoms with van der Waals surface area (Å²) in [6.07, 6.45) is -0.766. The van der Waals surface area contributed by atoms with Crippen LogP contribution >= 0.6 is 23.1 Å². The number of nitrogens with two attached hydrogens (primary N) is 1. The van der Waals surface area contributed by atoms with Crippen molar-refractivity contribution in [2.45, 2.75) is 26.3 Å². The minimum atomic E-state index is -3.77. The molecule has 1 atom stereocenters. The predicted octanol–water partition coefficient (Wildman–Crippen LogP) is 2.61. The molecule has 1 aromatic heterocycles. The van der Waals surface area contributed by atoms with E-state index in [1.807, 2.05) is 24.3 Å². The second-order valence-corrected chi connectivity index (χ2v) is 8.49. The number of sulfonamides is 1. The zero-order valence-electron chi connectivity index (χ0n) is 11.4. The largest absolute Gasteiger partial charge is 0.497 e. The van der Waals surface area contributed by atoms with Gasteiger partial charge >= 0.3 is 0 Å². The highest BCUT2D eigenvalue weighted by atomic mass is 32.3. The number of methoxy groups -OCH3 is 1. The zero-order valence-corrected chi connectivity index (χ0v) is 13.9. The van der Waals surface area contributed by atoms with Gasteiger partial charge in [0.15, 0.2) is 0 Å². The lowest BCUT2D eigenvalue weighted by Crippen LogP contribution is -2.10. The second-order valence-electron chi connectivity index (χ2n) is 4.31. The fourth-order valence-corrected chi connectivity index (χ4v) is 5.07. The lowest BCUT2D eigenvalue weighted by atomic mass is 10.2. The lowest BCUT2D eigenvalue weighted by molar-refractivity contribution is 0.197. The van der Waals surface area contributed by atoms with Crippen molar-refractivity contribution >= 4 is 33.1 Å². The van der Waals surface area contributed by atoms with Gasteiger partial charge in [-0.15, -0.1) is 11.3 Å². The van der Waals surface area contributed by atoms with E-state index in [-0.39, 0.29) is 4.21 Å². The fourth-order valence-electron chi connectivity index (χ4n) is 1.63. The highest BCUT2D eigenvalue weighted by molar-refractivity contribution is 8.01. The Balaban J connectivity index is 2.35. The minimum Gasteiger partial charge on any atom is -0.497 e. The molecule has 2 aromatic rings. The quantitative estimate of drug-likeness (QED) is 0.869. The van der Waals surface area contributed by atoms with Crippen LogP contribution in [0.15, 0.2) is 43.6 Å². The van der Waals surface area contributed by atoms with Crippen LogP contribution in [-0.4, -0.2) is 20.6 Å². The molecule has 0 aliphatic rings. The molecule has 0 spiro atoms. The third-order valence-electron chi connectivity index (χ3n) is 2.70. The van der Waals surface area contributed by atoms with Crippen molar-refractivity contribution in [2.75, 3.05) is 7.11 Å². The summed E-state index contributed by atoms with van der Waals surface area (Å²) in [6, 6.07) is 8.80. The molecule has 8 heteroatoms. The monoisotopic (exact) mass is 345 g/mol. The van der Waals surface area contributed by atoms with Crippen LogP contribution in [0, 0.1) is 0 Å². The normalized spacial score (nSPS) is 13.1. The first-order valence-electron chi connectivity index (χ1n) is 5.97. The van der Waals surface area contributed by atoms with E-state index in [0.717, 1.165) is 22.0 Å². The van der Waals surface area contributed by atoms with Gasteiger partial charge in [-0.05, 0) is 37.3 Å². The first-order chi connectivity index (χ1) is 9.81. The molecular weight excluding hydrogens is 330 g/mol. The molecule has 1 aromatic carbocycles. The molecule has 0 amide bonds. The molecule has 1 unspecified atom stereocenters. The van der Waals surface area contributed by atoms with Gasteiger partial charge in [-0.3, -0.25) is 0 Å². The summed E-state index contributed by atoms with van der Waals surface area (Å²) in [6.45, 7) is 1.59. The molecule has 5 nitrogen and oxygen atoms in total. The number of aliphatic hydroxyl groups is 1. The number of hydrogen-bond donors (Lipinski definition) is 2. The van der Waals surface area contributed by atoms with E-state index in [2.05, 4.69) is 0 Å². The van der Waals surface area contributed by atoms with Crippen LogP contribution in [0.2, 0.25) is 0 Å². The molecule has 0 aliphatic carbocycles. The Labute approximate surface area is 131 Å². The van der Waals surface area contributed by atoms with Crippen LogP contribution in [0.5, 0.6) is 5.75 Å². The van der Waals surface area contributed by atoms with E-state index in [1.165, 1.54) is 17.8 Å². The number of aliphatic hydroxyl groups excluding tert-OH is 1. The Morgan fingerprint density at radius 2 is 1.95 bits per heavy atom. The van der Waals surface area contributed by atoms with Gasteiger partial charge in [-0.2, -0.15) is 0 Å². The van der Waals surface area contributed by atoms with E-state index >= 15 is 0 Å². The molecule has 2 rings (SSSR count). The summed E-state index contributed by atoms with van der Waals surface area (Å²) in [5.41, 5.74) is 0.560. The van der Waals surface area contributed by atoms with Crippen LogP contribution in [0.25, 0.3) is 0 Å². The van der Waals surface area contributed by atoms with Crippen molar-refractivity contribution in [3.63, 3.8) is 0 Å². The third kappa shape index (κ3) is 3.98. The van der Waals surface area contributed by atoms with Crippen molar-refractivity contribution in [3.8, 4) is 5.75 Å². The van der Waals surface area contributed by atoms with Crippen molar-refractivity contribution in [1.29, 1.82) is 0 Å².